The fraction of sp³-hybridized carbons (Fsp3) is 1.00. The molecule has 1 aliphatic heterocycles. The van der Waals surface area contributed by atoms with Gasteiger partial charge in [-0.15, -0.1) is 0 Å². The lowest BCUT2D eigenvalue weighted by atomic mass is 9.83. The zero-order valence-corrected chi connectivity index (χ0v) is 8.65. The van der Waals surface area contributed by atoms with Gasteiger partial charge in [0.15, 0.2) is 5.60 Å². The maximum Gasteiger partial charge on any atom is 0.418 e. The van der Waals surface area contributed by atoms with Gasteiger partial charge in [-0.2, -0.15) is 13.2 Å². The van der Waals surface area contributed by atoms with Crippen molar-refractivity contribution in [3.8, 4) is 0 Å². The van der Waals surface area contributed by atoms with Crippen LogP contribution >= 0.6 is 0 Å². The molecule has 14 heavy (non-hydrogen) atoms. The van der Waals surface area contributed by atoms with Crippen molar-refractivity contribution < 1.29 is 18.3 Å². The summed E-state index contributed by atoms with van der Waals surface area (Å²) in [5.41, 5.74) is -2.51. The third kappa shape index (κ3) is 2.39. The number of hydrogen-bond acceptors (Lipinski definition) is 2. The van der Waals surface area contributed by atoms with Gasteiger partial charge in [0.05, 0.1) is 0 Å². The van der Waals surface area contributed by atoms with Crippen molar-refractivity contribution in [1.82, 2.24) is 4.90 Å². The summed E-state index contributed by atoms with van der Waals surface area (Å²) in [6, 6.07) is 0. The van der Waals surface area contributed by atoms with Gasteiger partial charge < -0.3 is 5.11 Å². The normalized spacial score (nSPS) is 26.8. The number of halogens is 3. The van der Waals surface area contributed by atoms with E-state index >= 15 is 0 Å². The molecule has 0 bridgehead atoms. The fourth-order valence-corrected chi connectivity index (χ4v) is 1.80. The highest BCUT2D eigenvalue weighted by atomic mass is 19.4. The molecule has 0 aromatic heterocycles. The van der Waals surface area contributed by atoms with Crippen molar-refractivity contribution in [1.29, 1.82) is 0 Å². The molecule has 0 radical (unpaired) electrons. The lowest BCUT2D eigenvalue weighted by Crippen LogP contribution is -2.60. The van der Waals surface area contributed by atoms with Crippen molar-refractivity contribution in [2.24, 2.45) is 5.41 Å². The first kappa shape index (κ1) is 11.8. The molecule has 1 fully saturated rings. The Hall–Kier alpha value is -0.290. The zero-order chi connectivity index (χ0) is 11.2. The monoisotopic (exact) mass is 211 g/mol. The molecule has 1 unspecified atom stereocenters. The van der Waals surface area contributed by atoms with Gasteiger partial charge in [0, 0.05) is 19.6 Å². The first-order valence-corrected chi connectivity index (χ1v) is 4.55. The predicted octanol–water partition coefficient (Wildman–Crippen LogP) is 1.64. The van der Waals surface area contributed by atoms with Crippen LogP contribution in [-0.4, -0.2) is 41.4 Å². The summed E-state index contributed by atoms with van der Waals surface area (Å²) in [6.45, 7) is 5.69. The molecule has 1 aliphatic rings. The quantitative estimate of drug-likeness (QED) is 0.750. The highest BCUT2D eigenvalue weighted by Crippen LogP contribution is 2.35. The molecule has 0 aromatic carbocycles. The van der Waals surface area contributed by atoms with E-state index in [0.717, 1.165) is 6.92 Å². The van der Waals surface area contributed by atoms with Crippen LogP contribution in [0.5, 0.6) is 0 Å². The van der Waals surface area contributed by atoms with Crippen LogP contribution in [-0.2, 0) is 0 Å². The second kappa shape index (κ2) is 3.10. The smallest absolute Gasteiger partial charge is 0.380 e. The Labute approximate surface area is 81.7 Å². The van der Waals surface area contributed by atoms with E-state index in [2.05, 4.69) is 0 Å². The summed E-state index contributed by atoms with van der Waals surface area (Å²) < 4.78 is 36.8. The molecule has 0 spiro atoms. The van der Waals surface area contributed by atoms with Crippen molar-refractivity contribution in [2.45, 2.75) is 32.5 Å². The van der Waals surface area contributed by atoms with Gasteiger partial charge in [-0.1, -0.05) is 13.8 Å². The largest absolute Gasteiger partial charge is 0.418 e. The average Bonchev–Trinajstić information content (AvgIpc) is 1.78. The van der Waals surface area contributed by atoms with Crippen molar-refractivity contribution >= 4 is 0 Å². The first-order chi connectivity index (χ1) is 6.04. The Morgan fingerprint density at radius 3 is 2.00 bits per heavy atom. The third-order valence-corrected chi connectivity index (χ3v) is 2.45. The average molecular weight is 211 g/mol. The molecule has 0 saturated carbocycles. The van der Waals surface area contributed by atoms with Crippen LogP contribution < -0.4 is 0 Å². The summed E-state index contributed by atoms with van der Waals surface area (Å²) in [4.78, 5) is 1.62. The summed E-state index contributed by atoms with van der Waals surface area (Å²) in [6.07, 6.45) is -4.55. The SMILES string of the molecule is CC1(C)CN(CC(C)(O)C(F)(F)F)C1. The number of rotatable bonds is 2. The molecule has 5 heteroatoms. The number of likely N-dealkylation sites (tertiary alicyclic amines) is 1. The number of nitrogens with zero attached hydrogens (tertiary/aromatic N) is 1. The van der Waals surface area contributed by atoms with Gasteiger partial charge >= 0.3 is 6.18 Å². The van der Waals surface area contributed by atoms with Gasteiger partial charge in [0.1, 0.15) is 0 Å². The van der Waals surface area contributed by atoms with Crippen LogP contribution in [0.4, 0.5) is 13.2 Å². The molecular formula is C9H16F3NO. The summed E-state index contributed by atoms with van der Waals surface area (Å²) >= 11 is 0. The molecule has 0 aliphatic carbocycles. The van der Waals surface area contributed by atoms with E-state index in [-0.39, 0.29) is 12.0 Å². The summed E-state index contributed by atoms with van der Waals surface area (Å²) in [5.74, 6) is 0. The molecule has 2 nitrogen and oxygen atoms in total. The van der Waals surface area contributed by atoms with Gasteiger partial charge in [-0.05, 0) is 12.3 Å². The lowest BCUT2D eigenvalue weighted by Gasteiger charge is -2.48. The first-order valence-electron chi connectivity index (χ1n) is 4.55. The third-order valence-electron chi connectivity index (χ3n) is 2.45. The van der Waals surface area contributed by atoms with E-state index in [1.165, 1.54) is 0 Å². The molecule has 1 rings (SSSR count). The Morgan fingerprint density at radius 1 is 1.29 bits per heavy atom. The minimum Gasteiger partial charge on any atom is -0.380 e. The minimum absolute atomic E-state index is 0.0850. The number of hydrogen-bond donors (Lipinski definition) is 1. The molecule has 0 aromatic rings. The number of aliphatic hydroxyl groups is 1. The van der Waals surface area contributed by atoms with Crippen LogP contribution in [0.2, 0.25) is 0 Å². The summed E-state index contributed by atoms with van der Waals surface area (Å²) in [7, 11) is 0. The molecule has 1 N–H and O–H groups in total. The van der Waals surface area contributed by atoms with Gasteiger partial charge in [-0.3, -0.25) is 4.90 Å². The van der Waals surface area contributed by atoms with E-state index in [9.17, 15) is 18.3 Å². The van der Waals surface area contributed by atoms with Crippen LogP contribution in [0.3, 0.4) is 0 Å². The van der Waals surface area contributed by atoms with Crippen LogP contribution in [0.15, 0.2) is 0 Å². The van der Waals surface area contributed by atoms with Crippen LogP contribution in [0, 0.1) is 5.41 Å². The van der Waals surface area contributed by atoms with Crippen molar-refractivity contribution in [3.05, 3.63) is 0 Å². The van der Waals surface area contributed by atoms with E-state index in [0.29, 0.717) is 13.1 Å². The second-order valence-corrected chi connectivity index (χ2v) is 5.08. The van der Waals surface area contributed by atoms with E-state index in [1.54, 1.807) is 4.90 Å². The second-order valence-electron chi connectivity index (χ2n) is 5.08. The Bertz CT molecular complexity index is 215. The molecular weight excluding hydrogens is 195 g/mol. The molecule has 0 amide bonds. The maximum atomic E-state index is 12.3. The number of alkyl halides is 3. The van der Waals surface area contributed by atoms with E-state index in [1.807, 2.05) is 13.8 Å². The minimum atomic E-state index is -4.55. The summed E-state index contributed by atoms with van der Waals surface area (Å²) in [5, 5.41) is 9.19. The van der Waals surface area contributed by atoms with Gasteiger partial charge in [0.25, 0.3) is 0 Å². The van der Waals surface area contributed by atoms with Crippen molar-refractivity contribution in [3.63, 3.8) is 0 Å². The predicted molar refractivity (Wildman–Crippen MR) is 46.9 cm³/mol. The molecule has 1 atom stereocenters. The van der Waals surface area contributed by atoms with Crippen LogP contribution in [0.1, 0.15) is 20.8 Å². The Balaban J connectivity index is 2.46. The molecule has 84 valence electrons. The highest BCUT2D eigenvalue weighted by molar-refractivity contribution is 4.93. The van der Waals surface area contributed by atoms with Crippen LogP contribution in [0.25, 0.3) is 0 Å². The Morgan fingerprint density at radius 2 is 1.71 bits per heavy atom. The number of β-amino-alcohol motifs (C(OH)–C–C–N with tert-alkyl or cyclic N) is 1. The topological polar surface area (TPSA) is 23.5 Å². The standard InChI is InChI=1S/C9H16F3NO/c1-7(2)4-13(5-7)6-8(3,14)9(10,11)12/h14H,4-6H2,1-3H3. The maximum absolute atomic E-state index is 12.3. The van der Waals surface area contributed by atoms with Crippen molar-refractivity contribution in [2.75, 3.05) is 19.6 Å². The van der Waals surface area contributed by atoms with E-state index in [4.69, 9.17) is 0 Å². The lowest BCUT2D eigenvalue weighted by molar-refractivity contribution is -0.262. The Kier molecular flexibility index (Phi) is 2.61. The molecule has 1 heterocycles. The highest BCUT2D eigenvalue weighted by Gasteiger charge is 2.52. The zero-order valence-electron chi connectivity index (χ0n) is 8.65. The fourth-order valence-electron chi connectivity index (χ4n) is 1.80. The van der Waals surface area contributed by atoms with Gasteiger partial charge in [-0.25, -0.2) is 0 Å². The van der Waals surface area contributed by atoms with E-state index < -0.39 is 11.8 Å². The van der Waals surface area contributed by atoms with Gasteiger partial charge in [0.2, 0.25) is 0 Å². The molecule has 1 saturated heterocycles.